The summed E-state index contributed by atoms with van der Waals surface area (Å²) in [5.41, 5.74) is 5.57. The van der Waals surface area contributed by atoms with Crippen LogP contribution in [0.25, 0.3) is 0 Å². The van der Waals surface area contributed by atoms with Crippen LogP contribution in [0.5, 0.6) is 0 Å². The van der Waals surface area contributed by atoms with E-state index < -0.39 is 0 Å². The molecule has 0 aliphatic carbocycles. The summed E-state index contributed by atoms with van der Waals surface area (Å²) in [5.74, 6) is 0. The van der Waals surface area contributed by atoms with E-state index in [9.17, 15) is 0 Å². The lowest BCUT2D eigenvalue weighted by molar-refractivity contribution is 0.0998. The van der Waals surface area contributed by atoms with Crippen LogP contribution >= 0.6 is 0 Å². The van der Waals surface area contributed by atoms with E-state index in [1.54, 1.807) is 0 Å². The molecule has 1 unspecified atom stereocenters. The summed E-state index contributed by atoms with van der Waals surface area (Å²) < 4.78 is 0. The SMILES string of the molecule is CCCN1CCN(C(C)CCN)CC1. The quantitative estimate of drug-likeness (QED) is 0.709. The summed E-state index contributed by atoms with van der Waals surface area (Å²) in [7, 11) is 0. The van der Waals surface area contributed by atoms with Gasteiger partial charge in [-0.05, 0) is 32.9 Å². The Morgan fingerprint density at radius 1 is 1.21 bits per heavy atom. The zero-order chi connectivity index (χ0) is 10.4. The molecule has 0 aromatic rings. The molecule has 1 heterocycles. The molecule has 0 radical (unpaired) electrons. The second kappa shape index (κ2) is 6.38. The number of hydrogen-bond acceptors (Lipinski definition) is 3. The van der Waals surface area contributed by atoms with Crippen LogP contribution in [0.15, 0.2) is 0 Å². The minimum atomic E-state index is 0.670. The molecule has 0 aromatic carbocycles. The van der Waals surface area contributed by atoms with Gasteiger partial charge in [0.1, 0.15) is 0 Å². The topological polar surface area (TPSA) is 32.5 Å². The van der Waals surface area contributed by atoms with E-state index >= 15 is 0 Å². The molecule has 0 bridgehead atoms. The molecule has 1 atom stereocenters. The Morgan fingerprint density at radius 2 is 1.86 bits per heavy atom. The maximum absolute atomic E-state index is 5.57. The van der Waals surface area contributed by atoms with Crippen molar-refractivity contribution in [1.82, 2.24) is 9.80 Å². The Balaban J connectivity index is 2.21. The zero-order valence-electron chi connectivity index (χ0n) is 9.71. The third kappa shape index (κ3) is 3.56. The predicted molar refractivity (Wildman–Crippen MR) is 61.4 cm³/mol. The molecular weight excluding hydrogens is 174 g/mol. The fourth-order valence-electron chi connectivity index (χ4n) is 2.17. The normalized spacial score (nSPS) is 22.5. The number of piperazine rings is 1. The highest BCUT2D eigenvalue weighted by Gasteiger charge is 2.19. The minimum absolute atomic E-state index is 0.670. The monoisotopic (exact) mass is 199 g/mol. The molecule has 1 aliphatic rings. The highest BCUT2D eigenvalue weighted by atomic mass is 15.3. The van der Waals surface area contributed by atoms with E-state index in [4.69, 9.17) is 5.73 Å². The maximum Gasteiger partial charge on any atom is 0.0113 e. The summed E-state index contributed by atoms with van der Waals surface area (Å²) in [6.45, 7) is 11.6. The predicted octanol–water partition coefficient (Wildman–Crippen LogP) is 0.751. The molecule has 0 saturated carbocycles. The first-order chi connectivity index (χ1) is 6.77. The lowest BCUT2D eigenvalue weighted by Gasteiger charge is -2.37. The van der Waals surface area contributed by atoms with Crippen LogP contribution in [0.4, 0.5) is 0 Å². The van der Waals surface area contributed by atoms with Crippen molar-refractivity contribution in [3.05, 3.63) is 0 Å². The minimum Gasteiger partial charge on any atom is -0.330 e. The smallest absolute Gasteiger partial charge is 0.0113 e. The van der Waals surface area contributed by atoms with E-state index in [1.165, 1.54) is 39.1 Å². The molecule has 0 spiro atoms. The number of nitrogens with zero attached hydrogens (tertiary/aromatic N) is 2. The standard InChI is InChI=1S/C11H25N3/c1-3-6-13-7-9-14(10-8-13)11(2)4-5-12/h11H,3-10,12H2,1-2H3. The van der Waals surface area contributed by atoms with E-state index in [2.05, 4.69) is 23.6 Å². The van der Waals surface area contributed by atoms with Crippen LogP contribution in [0.1, 0.15) is 26.7 Å². The Morgan fingerprint density at radius 3 is 2.36 bits per heavy atom. The fourth-order valence-corrected chi connectivity index (χ4v) is 2.17. The summed E-state index contributed by atoms with van der Waals surface area (Å²) >= 11 is 0. The van der Waals surface area contributed by atoms with Gasteiger partial charge < -0.3 is 10.6 Å². The van der Waals surface area contributed by atoms with Crippen molar-refractivity contribution in [1.29, 1.82) is 0 Å². The lowest BCUT2D eigenvalue weighted by Crippen LogP contribution is -2.49. The molecular formula is C11H25N3. The molecule has 2 N–H and O–H groups in total. The van der Waals surface area contributed by atoms with Gasteiger partial charge in [0, 0.05) is 32.2 Å². The first-order valence-corrected chi connectivity index (χ1v) is 5.94. The largest absolute Gasteiger partial charge is 0.330 e. The first kappa shape index (κ1) is 12.0. The first-order valence-electron chi connectivity index (χ1n) is 5.94. The third-order valence-electron chi connectivity index (χ3n) is 3.15. The molecule has 14 heavy (non-hydrogen) atoms. The van der Waals surface area contributed by atoms with Crippen LogP contribution in [-0.2, 0) is 0 Å². The van der Waals surface area contributed by atoms with Crippen molar-refractivity contribution in [2.24, 2.45) is 5.73 Å². The summed E-state index contributed by atoms with van der Waals surface area (Å²) in [6.07, 6.45) is 2.41. The van der Waals surface area contributed by atoms with Crippen molar-refractivity contribution in [2.45, 2.75) is 32.7 Å². The van der Waals surface area contributed by atoms with Crippen molar-refractivity contribution in [3.63, 3.8) is 0 Å². The Labute approximate surface area is 88.2 Å². The van der Waals surface area contributed by atoms with Gasteiger partial charge in [-0.25, -0.2) is 0 Å². The summed E-state index contributed by atoms with van der Waals surface area (Å²) in [6, 6.07) is 0.670. The van der Waals surface area contributed by atoms with Gasteiger partial charge >= 0.3 is 0 Å². The molecule has 1 aliphatic heterocycles. The Kier molecular flexibility index (Phi) is 5.45. The number of hydrogen-bond donors (Lipinski definition) is 1. The maximum atomic E-state index is 5.57. The van der Waals surface area contributed by atoms with Gasteiger partial charge in [-0.2, -0.15) is 0 Å². The van der Waals surface area contributed by atoms with E-state index in [0.717, 1.165) is 13.0 Å². The molecule has 1 fully saturated rings. The van der Waals surface area contributed by atoms with Gasteiger partial charge in [0.05, 0.1) is 0 Å². The highest BCUT2D eigenvalue weighted by Crippen LogP contribution is 2.08. The van der Waals surface area contributed by atoms with E-state index in [1.807, 2.05) is 0 Å². The van der Waals surface area contributed by atoms with E-state index in [0.29, 0.717) is 6.04 Å². The number of nitrogens with two attached hydrogens (primary N) is 1. The van der Waals surface area contributed by atoms with Crippen LogP contribution in [0, 0.1) is 0 Å². The molecule has 1 saturated heterocycles. The lowest BCUT2D eigenvalue weighted by atomic mass is 10.1. The van der Waals surface area contributed by atoms with Crippen molar-refractivity contribution < 1.29 is 0 Å². The van der Waals surface area contributed by atoms with Crippen molar-refractivity contribution in [3.8, 4) is 0 Å². The van der Waals surface area contributed by atoms with Gasteiger partial charge in [0.2, 0.25) is 0 Å². The van der Waals surface area contributed by atoms with Gasteiger partial charge in [-0.3, -0.25) is 4.90 Å². The second-order valence-corrected chi connectivity index (χ2v) is 4.30. The van der Waals surface area contributed by atoms with Crippen LogP contribution in [0.3, 0.4) is 0 Å². The molecule has 1 rings (SSSR count). The second-order valence-electron chi connectivity index (χ2n) is 4.30. The van der Waals surface area contributed by atoms with Gasteiger partial charge in [-0.1, -0.05) is 6.92 Å². The fraction of sp³-hybridized carbons (Fsp3) is 1.00. The van der Waals surface area contributed by atoms with Crippen LogP contribution in [0.2, 0.25) is 0 Å². The van der Waals surface area contributed by atoms with Crippen LogP contribution in [-0.4, -0.2) is 55.1 Å². The van der Waals surface area contributed by atoms with Crippen molar-refractivity contribution in [2.75, 3.05) is 39.3 Å². The van der Waals surface area contributed by atoms with Gasteiger partial charge in [-0.15, -0.1) is 0 Å². The average Bonchev–Trinajstić information content (AvgIpc) is 2.20. The highest BCUT2D eigenvalue weighted by molar-refractivity contribution is 4.76. The van der Waals surface area contributed by atoms with E-state index in [-0.39, 0.29) is 0 Å². The molecule has 3 nitrogen and oxygen atoms in total. The third-order valence-corrected chi connectivity index (χ3v) is 3.15. The van der Waals surface area contributed by atoms with Crippen molar-refractivity contribution >= 4 is 0 Å². The van der Waals surface area contributed by atoms with Crippen LogP contribution < -0.4 is 5.73 Å². The molecule has 84 valence electrons. The van der Waals surface area contributed by atoms with Gasteiger partial charge in [0.25, 0.3) is 0 Å². The molecule has 0 amide bonds. The Hall–Kier alpha value is -0.120. The average molecular weight is 199 g/mol. The Bertz CT molecular complexity index is 141. The summed E-state index contributed by atoms with van der Waals surface area (Å²) in [5, 5.41) is 0. The zero-order valence-corrected chi connectivity index (χ0v) is 9.71. The number of rotatable bonds is 5. The molecule has 3 heteroatoms. The summed E-state index contributed by atoms with van der Waals surface area (Å²) in [4.78, 5) is 5.13. The van der Waals surface area contributed by atoms with Gasteiger partial charge in [0.15, 0.2) is 0 Å². The molecule has 0 aromatic heterocycles.